The van der Waals surface area contributed by atoms with Crippen molar-refractivity contribution in [3.63, 3.8) is 0 Å². The van der Waals surface area contributed by atoms with E-state index in [1.807, 2.05) is 0 Å². The van der Waals surface area contributed by atoms with Crippen LogP contribution in [-0.4, -0.2) is 28.5 Å². The number of rotatable bonds is 4. The molecule has 0 bridgehead atoms. The van der Waals surface area contributed by atoms with Gasteiger partial charge >= 0.3 is 0 Å². The van der Waals surface area contributed by atoms with Gasteiger partial charge in [0.2, 0.25) is 0 Å². The summed E-state index contributed by atoms with van der Waals surface area (Å²) in [5.41, 5.74) is 8.54. The Morgan fingerprint density at radius 2 is 1.95 bits per heavy atom. The Morgan fingerprint density at radius 1 is 1.19 bits per heavy atom. The van der Waals surface area contributed by atoms with E-state index in [1.54, 1.807) is 0 Å². The molecule has 0 aliphatic carbocycles. The second-order valence-corrected chi connectivity index (χ2v) is 6.08. The predicted octanol–water partition coefficient (Wildman–Crippen LogP) is 2.99. The topological polar surface area (TPSA) is 46.6 Å². The van der Waals surface area contributed by atoms with Gasteiger partial charge < -0.3 is 15.0 Å². The molecule has 1 saturated heterocycles. The van der Waals surface area contributed by atoms with E-state index in [4.69, 9.17) is 10.7 Å². The van der Waals surface area contributed by atoms with E-state index < -0.39 is 0 Å². The Morgan fingerprint density at radius 3 is 2.67 bits per heavy atom. The molecule has 0 spiro atoms. The molecule has 2 N–H and O–H groups in total. The molecule has 0 radical (unpaired) electrons. The maximum Gasteiger partial charge on any atom is 0.151 e. The molecule has 4 heteroatoms. The zero-order chi connectivity index (χ0) is 14.7. The maximum absolute atomic E-state index is 6.22. The first-order valence-electron chi connectivity index (χ1n) is 8.26. The zero-order valence-corrected chi connectivity index (χ0v) is 13.0. The van der Waals surface area contributed by atoms with Gasteiger partial charge in [-0.15, -0.1) is 0 Å². The lowest BCUT2D eigenvalue weighted by molar-refractivity contribution is 0.631. The Labute approximate surface area is 127 Å². The van der Waals surface area contributed by atoms with Crippen LogP contribution in [-0.2, 0) is 6.42 Å². The summed E-state index contributed by atoms with van der Waals surface area (Å²) in [5, 5.41) is 0. The van der Waals surface area contributed by atoms with E-state index in [1.165, 1.54) is 31.4 Å². The van der Waals surface area contributed by atoms with Crippen LogP contribution in [0.25, 0.3) is 5.65 Å². The molecule has 3 heterocycles. The van der Waals surface area contributed by atoms with Gasteiger partial charge in [0.15, 0.2) is 5.82 Å². The molecule has 1 aliphatic rings. The van der Waals surface area contributed by atoms with Crippen molar-refractivity contribution in [2.24, 2.45) is 5.73 Å². The molecule has 1 unspecified atom stereocenters. The third-order valence-corrected chi connectivity index (χ3v) is 4.49. The zero-order valence-electron chi connectivity index (χ0n) is 13.0. The van der Waals surface area contributed by atoms with Crippen LogP contribution in [0.2, 0.25) is 0 Å². The van der Waals surface area contributed by atoms with Crippen LogP contribution in [0.15, 0.2) is 24.4 Å². The summed E-state index contributed by atoms with van der Waals surface area (Å²) in [6.45, 7) is 4.40. The minimum Gasteiger partial charge on any atom is -0.355 e. The predicted molar refractivity (Wildman–Crippen MR) is 87.8 cm³/mol. The van der Waals surface area contributed by atoms with E-state index in [9.17, 15) is 0 Å². The number of hydrogen-bond donors (Lipinski definition) is 1. The van der Waals surface area contributed by atoms with Gasteiger partial charge in [0, 0.05) is 31.7 Å². The molecule has 114 valence electrons. The van der Waals surface area contributed by atoms with Crippen molar-refractivity contribution in [2.75, 3.05) is 18.0 Å². The third kappa shape index (κ3) is 3.05. The molecular weight excluding hydrogens is 260 g/mol. The molecule has 2 aromatic rings. The average molecular weight is 286 g/mol. The lowest BCUT2D eigenvalue weighted by Crippen LogP contribution is -2.28. The fourth-order valence-electron chi connectivity index (χ4n) is 3.15. The van der Waals surface area contributed by atoms with Gasteiger partial charge in [0.1, 0.15) is 5.65 Å². The smallest absolute Gasteiger partial charge is 0.151 e. The van der Waals surface area contributed by atoms with Crippen molar-refractivity contribution < 1.29 is 0 Å². The molecule has 4 nitrogen and oxygen atoms in total. The molecule has 1 fully saturated rings. The third-order valence-electron chi connectivity index (χ3n) is 4.49. The second-order valence-electron chi connectivity index (χ2n) is 6.08. The van der Waals surface area contributed by atoms with E-state index in [0.717, 1.165) is 37.4 Å². The normalized spacial score (nSPS) is 17.9. The number of anilines is 1. The Balaban J connectivity index is 2.00. The summed E-state index contributed by atoms with van der Waals surface area (Å²) in [5.74, 6) is 1.16. The van der Waals surface area contributed by atoms with Crippen molar-refractivity contribution in [1.29, 1.82) is 0 Å². The van der Waals surface area contributed by atoms with Gasteiger partial charge in [-0.2, -0.15) is 0 Å². The number of pyridine rings is 1. The van der Waals surface area contributed by atoms with E-state index >= 15 is 0 Å². The van der Waals surface area contributed by atoms with E-state index in [2.05, 4.69) is 40.6 Å². The molecule has 3 rings (SSSR count). The van der Waals surface area contributed by atoms with Gasteiger partial charge in [0.05, 0.1) is 5.69 Å². The lowest BCUT2D eigenvalue weighted by Gasteiger charge is -2.22. The van der Waals surface area contributed by atoms with Crippen LogP contribution in [0, 0.1) is 0 Å². The maximum atomic E-state index is 6.22. The van der Waals surface area contributed by atoms with Gasteiger partial charge in [0.25, 0.3) is 0 Å². The highest BCUT2D eigenvalue weighted by Gasteiger charge is 2.20. The molecule has 0 amide bonds. The number of nitrogens with zero attached hydrogens (tertiary/aromatic N) is 3. The highest BCUT2D eigenvalue weighted by molar-refractivity contribution is 5.56. The van der Waals surface area contributed by atoms with Crippen LogP contribution in [0.3, 0.4) is 0 Å². The Kier molecular flexibility index (Phi) is 4.44. The van der Waals surface area contributed by atoms with Gasteiger partial charge in [-0.3, -0.25) is 0 Å². The van der Waals surface area contributed by atoms with Gasteiger partial charge in [-0.1, -0.05) is 25.8 Å². The molecule has 0 saturated carbocycles. The monoisotopic (exact) mass is 286 g/mol. The molecule has 1 aliphatic heterocycles. The van der Waals surface area contributed by atoms with Crippen molar-refractivity contribution in [3.8, 4) is 0 Å². The molecule has 2 aromatic heterocycles. The highest BCUT2D eigenvalue weighted by atomic mass is 15.2. The first-order chi connectivity index (χ1) is 10.3. The quantitative estimate of drug-likeness (QED) is 0.940. The number of fused-ring (bicyclic) bond motifs is 1. The van der Waals surface area contributed by atoms with Crippen molar-refractivity contribution >= 4 is 11.5 Å². The molecular formula is C17H26N4. The Hall–Kier alpha value is -1.55. The number of aromatic nitrogens is 2. The van der Waals surface area contributed by atoms with Crippen LogP contribution >= 0.6 is 0 Å². The fraction of sp³-hybridized carbons (Fsp3) is 0.588. The van der Waals surface area contributed by atoms with Gasteiger partial charge in [-0.25, -0.2) is 4.98 Å². The van der Waals surface area contributed by atoms with Crippen molar-refractivity contribution in [2.45, 2.75) is 51.5 Å². The SMILES string of the molecule is CCC(N)Cc1c(N2CCCCCC2)nc2ccccn12. The summed E-state index contributed by atoms with van der Waals surface area (Å²) in [6.07, 6.45) is 9.23. The minimum absolute atomic E-state index is 0.204. The highest BCUT2D eigenvalue weighted by Crippen LogP contribution is 2.25. The molecule has 0 aromatic carbocycles. The number of imidazole rings is 1. The summed E-state index contributed by atoms with van der Waals surface area (Å²) in [4.78, 5) is 7.37. The van der Waals surface area contributed by atoms with Crippen LogP contribution in [0.1, 0.15) is 44.7 Å². The van der Waals surface area contributed by atoms with Gasteiger partial charge in [-0.05, 0) is 31.4 Å². The fourth-order valence-corrected chi connectivity index (χ4v) is 3.15. The van der Waals surface area contributed by atoms with E-state index in [0.29, 0.717) is 0 Å². The minimum atomic E-state index is 0.204. The average Bonchev–Trinajstić information content (AvgIpc) is 2.70. The lowest BCUT2D eigenvalue weighted by atomic mass is 10.1. The Bertz CT molecular complexity index is 581. The van der Waals surface area contributed by atoms with Crippen molar-refractivity contribution in [1.82, 2.24) is 9.38 Å². The summed E-state index contributed by atoms with van der Waals surface area (Å²) in [6, 6.07) is 6.42. The first-order valence-corrected chi connectivity index (χ1v) is 8.26. The summed E-state index contributed by atoms with van der Waals surface area (Å²) in [7, 11) is 0. The van der Waals surface area contributed by atoms with Crippen LogP contribution in [0.5, 0.6) is 0 Å². The standard InChI is InChI=1S/C17H26N4/c1-2-14(18)13-15-17(20-10-6-3-4-7-11-20)19-16-9-5-8-12-21(15)16/h5,8-9,12,14H,2-4,6-7,10-11,13,18H2,1H3. The summed E-state index contributed by atoms with van der Waals surface area (Å²) < 4.78 is 2.22. The van der Waals surface area contributed by atoms with Crippen molar-refractivity contribution in [3.05, 3.63) is 30.1 Å². The number of nitrogens with two attached hydrogens (primary N) is 1. The largest absolute Gasteiger partial charge is 0.355 e. The second kappa shape index (κ2) is 6.48. The first kappa shape index (κ1) is 14.4. The summed E-state index contributed by atoms with van der Waals surface area (Å²) >= 11 is 0. The van der Waals surface area contributed by atoms with Crippen LogP contribution in [0.4, 0.5) is 5.82 Å². The molecule has 21 heavy (non-hydrogen) atoms. The van der Waals surface area contributed by atoms with Crippen LogP contribution < -0.4 is 10.6 Å². The molecule has 1 atom stereocenters. The number of hydrogen-bond acceptors (Lipinski definition) is 3. The van der Waals surface area contributed by atoms with E-state index in [-0.39, 0.29) is 6.04 Å².